The van der Waals surface area contributed by atoms with Gasteiger partial charge >= 0.3 is 0 Å². The molecule has 2 aromatic carbocycles. The number of likely N-dealkylation sites (N-methyl/N-ethyl adjacent to an activating group) is 1. The Hall–Kier alpha value is -3.89. The summed E-state index contributed by atoms with van der Waals surface area (Å²) in [6.07, 6.45) is 4.40. The zero-order valence-electron chi connectivity index (χ0n) is 25.5. The molecule has 0 aliphatic carbocycles. The summed E-state index contributed by atoms with van der Waals surface area (Å²) in [6, 6.07) is 12.9. The number of aliphatic hydroxyl groups is 1. The molecule has 0 saturated heterocycles. The van der Waals surface area contributed by atoms with E-state index in [9.17, 15) is 19.5 Å². The number of rotatable bonds is 3. The topological polar surface area (TPSA) is 140 Å². The second-order valence-electron chi connectivity index (χ2n) is 11.0. The lowest BCUT2D eigenvalue weighted by molar-refractivity contribution is -0.150. The van der Waals surface area contributed by atoms with E-state index in [0.717, 1.165) is 12.0 Å². The first-order valence-electron chi connectivity index (χ1n) is 14.3. The predicted molar refractivity (Wildman–Crippen MR) is 164 cm³/mol. The Morgan fingerprint density at radius 1 is 1.07 bits per heavy atom. The molecule has 0 aromatic heterocycles. The number of fused-ring (bicyclic) bond motifs is 1. The van der Waals surface area contributed by atoms with Crippen LogP contribution in [0.2, 0.25) is 0 Å². The monoisotopic (exact) mass is 582 g/mol. The second-order valence-corrected chi connectivity index (χ2v) is 11.0. The van der Waals surface area contributed by atoms with Crippen molar-refractivity contribution in [1.29, 1.82) is 0 Å². The largest absolute Gasteiger partial charge is 0.508 e. The summed E-state index contributed by atoms with van der Waals surface area (Å²) in [5.74, 6) is -0.291. The van der Waals surface area contributed by atoms with Crippen molar-refractivity contribution >= 4 is 23.8 Å². The van der Waals surface area contributed by atoms with Crippen molar-refractivity contribution < 1.29 is 29.3 Å². The minimum atomic E-state index is -1.53. The quantitative estimate of drug-likeness (QED) is 0.375. The van der Waals surface area contributed by atoms with Crippen LogP contribution in [0, 0.1) is 12.8 Å². The van der Waals surface area contributed by atoms with Crippen molar-refractivity contribution in [2.75, 3.05) is 33.3 Å². The van der Waals surface area contributed by atoms with Crippen molar-refractivity contribution in [3.8, 4) is 11.5 Å². The van der Waals surface area contributed by atoms with Gasteiger partial charge in [-0.05, 0) is 44.9 Å². The molecule has 0 radical (unpaired) electrons. The van der Waals surface area contributed by atoms with Gasteiger partial charge in [-0.25, -0.2) is 0 Å². The molecule has 0 spiro atoms. The summed E-state index contributed by atoms with van der Waals surface area (Å²) in [5.41, 5.74) is 0.512. The Morgan fingerprint density at radius 2 is 1.74 bits per heavy atom. The summed E-state index contributed by atoms with van der Waals surface area (Å²) in [5, 5.41) is 28.0. The summed E-state index contributed by atoms with van der Waals surface area (Å²) in [7, 11) is 1.50. The van der Waals surface area contributed by atoms with Gasteiger partial charge in [0.15, 0.2) is 0 Å². The van der Waals surface area contributed by atoms with Crippen LogP contribution in [0.3, 0.4) is 0 Å². The Kier molecular flexibility index (Phi) is 13.5. The van der Waals surface area contributed by atoms with E-state index in [-0.39, 0.29) is 30.8 Å². The highest BCUT2D eigenvalue weighted by Gasteiger charge is 2.41. The third-order valence-electron chi connectivity index (χ3n) is 6.95. The van der Waals surface area contributed by atoms with Gasteiger partial charge in [0.25, 0.3) is 0 Å². The molecule has 5 N–H and O–H groups in total. The maximum absolute atomic E-state index is 13.4. The number of nitrogens with one attached hydrogen (secondary N) is 3. The molecule has 3 rings (SSSR count). The van der Waals surface area contributed by atoms with Gasteiger partial charge in [0.1, 0.15) is 24.1 Å². The second kappa shape index (κ2) is 16.5. The van der Waals surface area contributed by atoms with Crippen LogP contribution in [0.5, 0.6) is 11.5 Å². The van der Waals surface area contributed by atoms with Crippen LogP contribution in [0.1, 0.15) is 45.2 Å². The standard InChI is InChI=1S/C25H38N4O5.C7H8O/c1-6-17(2)21-24(32)29(5)22(25(3,4)33)23(31)28-16-20(30)26-13-9-11-18-10-7-8-12-19(18)34-15-14-27-21;1-6-2-4-7(8)5-3-6/h7-12,17,21-22,27,33H,6,13-16H2,1-5H3,(H,26,30)(H,28,31);2-5,8H,1H3/b11-9+;. The number of ether oxygens (including phenoxy) is 1. The van der Waals surface area contributed by atoms with Gasteiger partial charge in [0.05, 0.1) is 18.2 Å². The van der Waals surface area contributed by atoms with Gasteiger partial charge in [0.2, 0.25) is 17.7 Å². The summed E-state index contributed by atoms with van der Waals surface area (Å²) < 4.78 is 5.94. The number of aryl methyl sites for hydroxylation is 1. The zero-order chi connectivity index (χ0) is 31.3. The van der Waals surface area contributed by atoms with E-state index in [2.05, 4.69) is 16.0 Å². The number of phenols is 1. The number of para-hydroxylation sites is 1. The molecule has 1 aliphatic rings. The molecular weight excluding hydrogens is 536 g/mol. The van der Waals surface area contributed by atoms with Crippen molar-refractivity contribution in [2.24, 2.45) is 5.92 Å². The maximum atomic E-state index is 13.4. The summed E-state index contributed by atoms with van der Waals surface area (Å²) in [6.45, 7) is 9.62. The molecule has 0 bridgehead atoms. The lowest BCUT2D eigenvalue weighted by Crippen LogP contribution is -2.62. The number of hydrogen-bond acceptors (Lipinski definition) is 7. The van der Waals surface area contributed by atoms with Gasteiger partial charge in [-0.15, -0.1) is 0 Å². The Morgan fingerprint density at radius 3 is 2.36 bits per heavy atom. The van der Waals surface area contributed by atoms with E-state index in [4.69, 9.17) is 9.84 Å². The smallest absolute Gasteiger partial charge is 0.246 e. The third-order valence-corrected chi connectivity index (χ3v) is 6.95. The number of carbonyl (C=O) groups excluding carboxylic acids is 3. The van der Waals surface area contributed by atoms with Crippen LogP contribution >= 0.6 is 0 Å². The van der Waals surface area contributed by atoms with Gasteiger partial charge in [-0.3, -0.25) is 14.4 Å². The van der Waals surface area contributed by atoms with Gasteiger partial charge in [0, 0.05) is 25.7 Å². The van der Waals surface area contributed by atoms with E-state index in [0.29, 0.717) is 24.7 Å². The van der Waals surface area contributed by atoms with Crippen LogP contribution in [-0.4, -0.2) is 83.8 Å². The molecule has 230 valence electrons. The van der Waals surface area contributed by atoms with E-state index >= 15 is 0 Å². The number of hydrogen-bond donors (Lipinski definition) is 5. The summed E-state index contributed by atoms with van der Waals surface area (Å²) >= 11 is 0. The van der Waals surface area contributed by atoms with E-state index in [1.165, 1.54) is 31.4 Å². The number of carbonyl (C=O) groups is 3. The van der Waals surface area contributed by atoms with Crippen LogP contribution in [0.4, 0.5) is 0 Å². The Bertz CT molecular complexity index is 1170. The normalized spacial score (nSPS) is 20.7. The van der Waals surface area contributed by atoms with Crippen LogP contribution < -0.4 is 20.7 Å². The van der Waals surface area contributed by atoms with Crippen molar-refractivity contribution in [3.63, 3.8) is 0 Å². The number of amides is 3. The minimum absolute atomic E-state index is 0.0212. The molecule has 0 fully saturated rings. The van der Waals surface area contributed by atoms with E-state index in [1.807, 2.05) is 63.2 Å². The maximum Gasteiger partial charge on any atom is 0.246 e. The predicted octanol–water partition coefficient (Wildman–Crippen LogP) is 2.63. The van der Waals surface area contributed by atoms with E-state index in [1.54, 1.807) is 18.2 Å². The minimum Gasteiger partial charge on any atom is -0.508 e. The van der Waals surface area contributed by atoms with Crippen molar-refractivity contribution in [3.05, 3.63) is 65.7 Å². The fourth-order valence-corrected chi connectivity index (χ4v) is 4.44. The van der Waals surface area contributed by atoms with Crippen LogP contribution in [0.25, 0.3) is 6.08 Å². The first-order valence-corrected chi connectivity index (χ1v) is 14.3. The molecule has 1 heterocycles. The molecule has 10 nitrogen and oxygen atoms in total. The molecule has 1 aliphatic heterocycles. The van der Waals surface area contributed by atoms with Gasteiger partial charge < -0.3 is 35.8 Å². The van der Waals surface area contributed by atoms with Gasteiger partial charge in [-0.2, -0.15) is 0 Å². The highest BCUT2D eigenvalue weighted by atomic mass is 16.5. The number of nitrogens with zero attached hydrogens (tertiary/aromatic N) is 1. The van der Waals surface area contributed by atoms with Crippen molar-refractivity contribution in [1.82, 2.24) is 20.9 Å². The van der Waals surface area contributed by atoms with Crippen molar-refractivity contribution in [2.45, 2.75) is 58.7 Å². The first kappa shape index (κ1) is 34.3. The number of benzene rings is 2. The molecule has 3 amide bonds. The Balaban J connectivity index is 0.000000661. The highest BCUT2D eigenvalue weighted by Crippen LogP contribution is 2.21. The fourth-order valence-electron chi connectivity index (χ4n) is 4.44. The molecule has 3 unspecified atom stereocenters. The number of aromatic hydroxyl groups is 1. The lowest BCUT2D eigenvalue weighted by Gasteiger charge is -2.38. The summed E-state index contributed by atoms with van der Waals surface area (Å²) in [4.78, 5) is 39.9. The number of phenolic OH excluding ortho intramolecular Hbond substituents is 1. The molecule has 0 saturated carbocycles. The molecule has 10 heteroatoms. The lowest BCUT2D eigenvalue weighted by atomic mass is 9.93. The van der Waals surface area contributed by atoms with Gasteiger partial charge in [-0.1, -0.05) is 68.3 Å². The third kappa shape index (κ3) is 10.8. The van der Waals surface area contributed by atoms with Crippen LogP contribution in [0.15, 0.2) is 54.6 Å². The van der Waals surface area contributed by atoms with Crippen LogP contribution in [-0.2, 0) is 14.4 Å². The first-order chi connectivity index (χ1) is 19.8. The highest BCUT2D eigenvalue weighted by molar-refractivity contribution is 5.92. The zero-order valence-corrected chi connectivity index (χ0v) is 25.5. The molecule has 3 atom stereocenters. The molecular formula is C32H46N4O6. The molecule has 2 aromatic rings. The average molecular weight is 583 g/mol. The SMILES string of the molecule is CCC(C)C1NCCOc2ccccc2/C=C/CNC(=O)CNC(=O)C(C(C)(C)O)N(C)C1=O.Cc1ccc(O)cc1. The molecule has 42 heavy (non-hydrogen) atoms. The average Bonchev–Trinajstić information content (AvgIpc) is 2.95. The Labute approximate surface area is 249 Å². The fraction of sp³-hybridized carbons (Fsp3) is 0.469. The van der Waals surface area contributed by atoms with E-state index < -0.39 is 23.6 Å².